The normalized spacial score (nSPS) is 12.3. The van der Waals surface area contributed by atoms with E-state index in [0.717, 1.165) is 4.90 Å². The van der Waals surface area contributed by atoms with E-state index in [1.54, 1.807) is 0 Å². The minimum absolute atomic E-state index is 0.0176. The Morgan fingerprint density at radius 3 is 2.37 bits per heavy atom. The van der Waals surface area contributed by atoms with Gasteiger partial charge in [-0.15, -0.1) is 0 Å². The summed E-state index contributed by atoms with van der Waals surface area (Å²) in [6.45, 7) is -0.0585. The number of rotatable bonds is 5. The zero-order valence-corrected chi connectivity index (χ0v) is 10.5. The molecule has 0 aliphatic heterocycles. The molecule has 0 saturated heterocycles. The smallest absolute Gasteiger partial charge is 0.253 e. The molecule has 0 aromatic heterocycles. The topological polar surface area (TPSA) is 49.8 Å². The third-order valence-corrected chi connectivity index (χ3v) is 2.42. The molecule has 1 rings (SSSR count). The van der Waals surface area contributed by atoms with Crippen LogP contribution in [-0.2, 0) is 4.74 Å². The molecule has 0 aliphatic rings. The summed E-state index contributed by atoms with van der Waals surface area (Å²) in [6.07, 6.45) is -0.922. The number of aliphatic hydroxyl groups excluding tert-OH is 1. The van der Waals surface area contributed by atoms with Crippen LogP contribution < -0.4 is 0 Å². The average Bonchev–Trinajstić information content (AvgIpc) is 2.34. The molecule has 1 amide bonds. The fourth-order valence-corrected chi connectivity index (χ4v) is 1.54. The van der Waals surface area contributed by atoms with E-state index in [1.807, 2.05) is 0 Å². The second-order valence-corrected chi connectivity index (χ2v) is 4.05. The van der Waals surface area contributed by atoms with Gasteiger partial charge in [0.2, 0.25) is 0 Å². The van der Waals surface area contributed by atoms with Crippen molar-refractivity contribution < 1.29 is 27.8 Å². The first-order valence-electron chi connectivity index (χ1n) is 5.43. The zero-order valence-electron chi connectivity index (χ0n) is 10.5. The monoisotopic (exact) mass is 277 g/mol. The van der Waals surface area contributed by atoms with Crippen LogP contribution in [0.25, 0.3) is 0 Å². The van der Waals surface area contributed by atoms with E-state index in [-0.39, 0.29) is 18.7 Å². The van der Waals surface area contributed by atoms with Crippen molar-refractivity contribution >= 4 is 5.91 Å². The predicted molar refractivity (Wildman–Crippen MR) is 61.2 cm³/mol. The predicted octanol–water partition coefficient (Wildman–Crippen LogP) is 1.18. The molecule has 0 bridgehead atoms. The van der Waals surface area contributed by atoms with E-state index in [1.165, 1.54) is 14.2 Å². The van der Waals surface area contributed by atoms with Crippen molar-refractivity contribution in [3.05, 3.63) is 35.1 Å². The number of carbonyl (C=O) groups excluding carboxylic acids is 1. The van der Waals surface area contributed by atoms with Gasteiger partial charge in [-0.25, -0.2) is 13.2 Å². The number of halogens is 3. The van der Waals surface area contributed by atoms with Gasteiger partial charge in [-0.3, -0.25) is 4.79 Å². The molecule has 0 radical (unpaired) electrons. The number of hydrogen-bond acceptors (Lipinski definition) is 3. The van der Waals surface area contributed by atoms with Crippen molar-refractivity contribution in [2.24, 2.45) is 0 Å². The number of benzene rings is 1. The molecule has 4 nitrogen and oxygen atoms in total. The van der Waals surface area contributed by atoms with E-state index in [4.69, 9.17) is 0 Å². The van der Waals surface area contributed by atoms with Crippen LogP contribution in [0, 0.1) is 17.5 Å². The summed E-state index contributed by atoms with van der Waals surface area (Å²) in [7, 11) is 2.73. The Balaban J connectivity index is 2.82. The molecule has 0 spiro atoms. The number of carbonyl (C=O) groups is 1. The fourth-order valence-electron chi connectivity index (χ4n) is 1.54. The SMILES string of the molecule is COCC(O)CN(C)C(=O)c1cc(F)c(F)c(F)c1. The molecule has 0 fully saturated rings. The highest BCUT2D eigenvalue weighted by atomic mass is 19.2. The van der Waals surface area contributed by atoms with Crippen LogP contribution in [0.15, 0.2) is 12.1 Å². The highest BCUT2D eigenvalue weighted by molar-refractivity contribution is 5.94. The first-order valence-corrected chi connectivity index (χ1v) is 5.43. The zero-order chi connectivity index (χ0) is 14.6. The highest BCUT2D eigenvalue weighted by Gasteiger charge is 2.19. The summed E-state index contributed by atoms with van der Waals surface area (Å²) in [5.74, 6) is -5.23. The number of nitrogens with zero attached hydrogens (tertiary/aromatic N) is 1. The van der Waals surface area contributed by atoms with Gasteiger partial charge in [0.15, 0.2) is 17.5 Å². The van der Waals surface area contributed by atoms with Gasteiger partial charge in [0, 0.05) is 26.3 Å². The Kier molecular flexibility index (Phi) is 5.31. The Hall–Kier alpha value is -1.60. The third kappa shape index (κ3) is 3.93. The molecule has 1 N–H and O–H groups in total. The van der Waals surface area contributed by atoms with Crippen LogP contribution >= 0.6 is 0 Å². The van der Waals surface area contributed by atoms with Gasteiger partial charge in [-0.05, 0) is 12.1 Å². The lowest BCUT2D eigenvalue weighted by Crippen LogP contribution is -2.36. The maximum atomic E-state index is 13.0. The molecular formula is C12H14F3NO3. The van der Waals surface area contributed by atoms with Crippen LogP contribution in [0.4, 0.5) is 13.2 Å². The van der Waals surface area contributed by atoms with Crippen molar-refractivity contribution in [3.8, 4) is 0 Å². The van der Waals surface area contributed by atoms with Crippen molar-refractivity contribution in [2.45, 2.75) is 6.10 Å². The molecule has 1 atom stereocenters. The maximum Gasteiger partial charge on any atom is 0.253 e. The first kappa shape index (κ1) is 15.5. The van der Waals surface area contributed by atoms with Gasteiger partial charge >= 0.3 is 0 Å². The van der Waals surface area contributed by atoms with Crippen LogP contribution in [0.3, 0.4) is 0 Å². The fraction of sp³-hybridized carbons (Fsp3) is 0.417. The number of hydrogen-bond donors (Lipinski definition) is 1. The standard InChI is InChI=1S/C12H14F3NO3/c1-16(5-8(17)6-19-2)12(18)7-3-9(13)11(15)10(14)4-7/h3-4,8,17H,5-6H2,1-2H3. The van der Waals surface area contributed by atoms with E-state index < -0.39 is 29.5 Å². The number of likely N-dealkylation sites (N-methyl/N-ethyl adjacent to an activating group) is 1. The molecule has 0 aliphatic carbocycles. The Morgan fingerprint density at radius 2 is 1.89 bits per heavy atom. The molecule has 0 heterocycles. The maximum absolute atomic E-state index is 13.0. The number of amides is 1. The van der Waals surface area contributed by atoms with E-state index >= 15 is 0 Å². The van der Waals surface area contributed by atoms with Gasteiger partial charge in [-0.1, -0.05) is 0 Å². The summed E-state index contributed by atoms with van der Waals surface area (Å²) in [5, 5.41) is 9.44. The van der Waals surface area contributed by atoms with Crippen molar-refractivity contribution in [3.63, 3.8) is 0 Å². The van der Waals surface area contributed by atoms with E-state index in [9.17, 15) is 23.1 Å². The number of methoxy groups -OCH3 is 1. The van der Waals surface area contributed by atoms with E-state index in [0.29, 0.717) is 12.1 Å². The minimum Gasteiger partial charge on any atom is -0.389 e. The van der Waals surface area contributed by atoms with Crippen molar-refractivity contribution in [1.82, 2.24) is 4.90 Å². The summed E-state index contributed by atoms with van der Waals surface area (Å²) in [5.41, 5.74) is -0.330. The molecule has 106 valence electrons. The molecule has 1 aromatic rings. The Labute approximate surface area is 108 Å². The van der Waals surface area contributed by atoms with Crippen molar-refractivity contribution in [2.75, 3.05) is 27.3 Å². The molecular weight excluding hydrogens is 263 g/mol. The molecule has 0 saturated carbocycles. The largest absolute Gasteiger partial charge is 0.389 e. The van der Waals surface area contributed by atoms with Gasteiger partial charge < -0.3 is 14.7 Å². The highest BCUT2D eigenvalue weighted by Crippen LogP contribution is 2.15. The van der Waals surface area contributed by atoms with Gasteiger partial charge in [0.05, 0.1) is 12.7 Å². The minimum atomic E-state index is -1.63. The summed E-state index contributed by atoms with van der Waals surface area (Å²) >= 11 is 0. The quantitative estimate of drug-likeness (QED) is 0.822. The summed E-state index contributed by atoms with van der Waals surface area (Å²) < 4.78 is 43.4. The second-order valence-electron chi connectivity index (χ2n) is 4.05. The Morgan fingerprint density at radius 1 is 1.37 bits per heavy atom. The second kappa shape index (κ2) is 6.53. The number of ether oxygens (including phenoxy) is 1. The van der Waals surface area contributed by atoms with Crippen molar-refractivity contribution in [1.29, 1.82) is 0 Å². The van der Waals surface area contributed by atoms with E-state index in [2.05, 4.69) is 4.74 Å². The Bertz CT molecular complexity index is 445. The first-order chi connectivity index (χ1) is 8.86. The molecule has 7 heteroatoms. The van der Waals surface area contributed by atoms with Crippen LogP contribution in [0.5, 0.6) is 0 Å². The van der Waals surface area contributed by atoms with Crippen LogP contribution in [0.1, 0.15) is 10.4 Å². The third-order valence-electron chi connectivity index (χ3n) is 2.42. The lowest BCUT2D eigenvalue weighted by molar-refractivity contribution is 0.0380. The molecule has 1 unspecified atom stereocenters. The van der Waals surface area contributed by atoms with Crippen LogP contribution in [-0.4, -0.2) is 49.3 Å². The summed E-state index contributed by atoms with van der Waals surface area (Å²) in [6, 6.07) is 1.22. The van der Waals surface area contributed by atoms with Crippen LogP contribution in [0.2, 0.25) is 0 Å². The van der Waals surface area contributed by atoms with Gasteiger partial charge in [0.25, 0.3) is 5.91 Å². The summed E-state index contributed by atoms with van der Waals surface area (Å²) in [4.78, 5) is 12.9. The molecule has 1 aromatic carbocycles. The number of aliphatic hydroxyl groups is 1. The lowest BCUT2D eigenvalue weighted by atomic mass is 10.1. The van der Waals surface area contributed by atoms with Gasteiger partial charge in [0.1, 0.15) is 0 Å². The van der Waals surface area contributed by atoms with Gasteiger partial charge in [-0.2, -0.15) is 0 Å². The molecule has 19 heavy (non-hydrogen) atoms. The average molecular weight is 277 g/mol. The lowest BCUT2D eigenvalue weighted by Gasteiger charge is -2.20.